The second kappa shape index (κ2) is 37.8. The number of hydrogen-bond donors (Lipinski definition) is 10. The molecule has 0 aliphatic carbocycles. The Morgan fingerprint density at radius 3 is 0.763 bits per heavy atom. The van der Waals surface area contributed by atoms with Crippen molar-refractivity contribution in [1.29, 1.82) is 0 Å². The Morgan fingerprint density at radius 1 is 0.322 bits per heavy atom. The van der Waals surface area contributed by atoms with Gasteiger partial charge >= 0.3 is 0 Å². The molecule has 0 rings (SSSR count). The van der Waals surface area contributed by atoms with Crippen molar-refractivity contribution in [3.63, 3.8) is 0 Å². The van der Waals surface area contributed by atoms with Crippen molar-refractivity contribution < 1.29 is 28.8 Å². The lowest BCUT2D eigenvalue weighted by atomic mass is 10.1. The Kier molecular flexibility index (Phi) is 35.8. The van der Waals surface area contributed by atoms with Crippen molar-refractivity contribution in [3.05, 3.63) is 0 Å². The number of carbonyl (C=O) groups excluding carboxylic acids is 6. The zero-order chi connectivity index (χ0) is 44.1. The van der Waals surface area contributed by atoms with Crippen LogP contribution < -0.4 is 53.2 Å². The lowest BCUT2D eigenvalue weighted by molar-refractivity contribution is -0.124. The van der Waals surface area contributed by atoms with Gasteiger partial charge < -0.3 is 53.2 Å². The van der Waals surface area contributed by atoms with Gasteiger partial charge in [-0.1, -0.05) is 34.6 Å². The van der Waals surface area contributed by atoms with E-state index in [1.165, 1.54) is 6.92 Å². The second-order valence-electron chi connectivity index (χ2n) is 15.3. The third-order valence-electron chi connectivity index (χ3n) is 10.2. The van der Waals surface area contributed by atoms with E-state index in [2.05, 4.69) is 53.2 Å². The van der Waals surface area contributed by atoms with Crippen LogP contribution in [0.3, 0.4) is 0 Å². The van der Waals surface area contributed by atoms with Crippen LogP contribution in [0, 0.1) is 0 Å². The SMILES string of the molecule is CCNC(CCCCNC(=O)C(CCCCNC(=O)C(CCCCNC(=O)C(CCCCNC(=O)C(CCCCNC(C)=O)NCC)NCC)NCC)NCC)C(C)=O. The van der Waals surface area contributed by atoms with Crippen LogP contribution in [-0.2, 0) is 28.8 Å². The molecule has 0 aliphatic rings. The van der Waals surface area contributed by atoms with Crippen molar-refractivity contribution in [1.82, 2.24) is 53.2 Å². The van der Waals surface area contributed by atoms with Crippen LogP contribution in [0.15, 0.2) is 0 Å². The molecule has 0 heterocycles. The van der Waals surface area contributed by atoms with E-state index in [1.54, 1.807) is 6.92 Å². The molecular weight excluding hydrogens is 753 g/mol. The smallest absolute Gasteiger partial charge is 0.237 e. The number of nitrogens with one attached hydrogen (secondary N) is 10. The molecule has 0 fully saturated rings. The maximum atomic E-state index is 13.0. The predicted octanol–water partition coefficient (Wildman–Crippen LogP) is 1.92. The highest BCUT2D eigenvalue weighted by molar-refractivity contribution is 5.83. The van der Waals surface area contributed by atoms with E-state index in [4.69, 9.17) is 0 Å². The number of rotatable bonds is 40. The summed E-state index contributed by atoms with van der Waals surface area (Å²) in [6, 6.07) is -1.27. The van der Waals surface area contributed by atoms with E-state index in [1.807, 2.05) is 34.6 Å². The van der Waals surface area contributed by atoms with Crippen molar-refractivity contribution in [2.24, 2.45) is 0 Å². The Balaban J connectivity index is 4.45. The molecule has 0 bridgehead atoms. The molecule has 0 aromatic heterocycles. The second-order valence-corrected chi connectivity index (χ2v) is 15.3. The quantitative estimate of drug-likeness (QED) is 0.0402. The largest absolute Gasteiger partial charge is 0.356 e. The molecule has 5 atom stereocenters. The first kappa shape index (κ1) is 55.8. The van der Waals surface area contributed by atoms with Gasteiger partial charge in [0, 0.05) is 39.6 Å². The molecule has 344 valence electrons. The average molecular weight is 839 g/mol. The van der Waals surface area contributed by atoms with Gasteiger partial charge in [0.2, 0.25) is 29.5 Å². The Labute approximate surface area is 357 Å². The Morgan fingerprint density at radius 2 is 0.542 bits per heavy atom. The number of Topliss-reactive ketones (excluding diaryl/α,β-unsaturated/α-hetero) is 1. The zero-order valence-electron chi connectivity index (χ0n) is 38.0. The van der Waals surface area contributed by atoms with Gasteiger partial charge in [-0.05, 0) is 136 Å². The lowest BCUT2D eigenvalue weighted by Crippen LogP contribution is -2.45. The van der Waals surface area contributed by atoms with E-state index in [9.17, 15) is 28.8 Å². The number of amides is 5. The van der Waals surface area contributed by atoms with Crippen LogP contribution in [0.25, 0.3) is 0 Å². The number of unbranched alkanes of at least 4 members (excludes halogenated alkanes) is 5. The van der Waals surface area contributed by atoms with Gasteiger partial charge in [-0.3, -0.25) is 28.8 Å². The van der Waals surface area contributed by atoms with Gasteiger partial charge in [0.25, 0.3) is 0 Å². The minimum atomic E-state index is -0.308. The minimum Gasteiger partial charge on any atom is -0.356 e. The predicted molar refractivity (Wildman–Crippen MR) is 238 cm³/mol. The summed E-state index contributed by atoms with van der Waals surface area (Å²) in [6.07, 6.45) is 11.5. The fourth-order valence-corrected chi connectivity index (χ4v) is 6.96. The van der Waals surface area contributed by atoms with Gasteiger partial charge in [-0.25, -0.2) is 0 Å². The highest BCUT2D eigenvalue weighted by Gasteiger charge is 2.21. The third kappa shape index (κ3) is 29.7. The fraction of sp³-hybridized carbons (Fsp3) is 0.860. The van der Waals surface area contributed by atoms with Gasteiger partial charge in [-0.15, -0.1) is 0 Å². The van der Waals surface area contributed by atoms with Crippen LogP contribution in [0.5, 0.6) is 0 Å². The van der Waals surface area contributed by atoms with E-state index in [-0.39, 0.29) is 65.5 Å². The molecule has 5 unspecified atom stereocenters. The minimum absolute atomic E-state index is 0.0114. The topological polar surface area (TPSA) is 223 Å². The molecular formula is C43H86N10O6. The summed E-state index contributed by atoms with van der Waals surface area (Å²) in [5, 5.41) is 31.3. The summed E-state index contributed by atoms with van der Waals surface area (Å²) >= 11 is 0. The van der Waals surface area contributed by atoms with Gasteiger partial charge in [0.1, 0.15) is 5.78 Å². The van der Waals surface area contributed by atoms with Crippen molar-refractivity contribution in [2.45, 2.75) is 175 Å². The molecule has 0 aromatic rings. The Hall–Kier alpha value is -3.18. The summed E-state index contributed by atoms with van der Waals surface area (Å²) in [7, 11) is 0. The summed E-state index contributed by atoms with van der Waals surface area (Å²) in [6.45, 7) is 19.3. The number of ketones is 1. The van der Waals surface area contributed by atoms with Crippen molar-refractivity contribution in [2.75, 3.05) is 65.4 Å². The molecule has 16 heteroatoms. The molecule has 5 amide bonds. The van der Waals surface area contributed by atoms with Gasteiger partial charge in [0.15, 0.2) is 0 Å². The molecule has 0 aliphatic heterocycles. The molecule has 10 N–H and O–H groups in total. The highest BCUT2D eigenvalue weighted by Crippen LogP contribution is 2.07. The Bertz CT molecular complexity index is 1150. The maximum absolute atomic E-state index is 13.0. The number of hydrogen-bond acceptors (Lipinski definition) is 11. The van der Waals surface area contributed by atoms with E-state index in [0.717, 1.165) is 77.2 Å². The van der Waals surface area contributed by atoms with Crippen LogP contribution in [-0.4, -0.2) is 131 Å². The van der Waals surface area contributed by atoms with Crippen LogP contribution in [0.2, 0.25) is 0 Å². The van der Waals surface area contributed by atoms with Crippen molar-refractivity contribution in [3.8, 4) is 0 Å². The van der Waals surface area contributed by atoms with Crippen molar-refractivity contribution >= 4 is 35.3 Å². The summed E-state index contributed by atoms with van der Waals surface area (Å²) in [5.74, 6) is 0.0135. The average Bonchev–Trinajstić information content (AvgIpc) is 3.20. The first-order valence-electron chi connectivity index (χ1n) is 23.0. The molecule has 0 aromatic carbocycles. The van der Waals surface area contributed by atoms with E-state index >= 15 is 0 Å². The summed E-state index contributed by atoms with van der Waals surface area (Å²) in [4.78, 5) is 74.3. The molecule has 0 spiro atoms. The zero-order valence-corrected chi connectivity index (χ0v) is 38.0. The van der Waals surface area contributed by atoms with Gasteiger partial charge in [0.05, 0.1) is 30.2 Å². The third-order valence-corrected chi connectivity index (χ3v) is 10.2. The number of likely N-dealkylation sites (N-methyl/N-ethyl adjacent to an activating group) is 5. The molecule has 16 nitrogen and oxygen atoms in total. The molecule has 0 radical (unpaired) electrons. The number of carbonyl (C=O) groups is 6. The van der Waals surface area contributed by atoms with E-state index in [0.29, 0.717) is 84.6 Å². The fourth-order valence-electron chi connectivity index (χ4n) is 6.96. The maximum Gasteiger partial charge on any atom is 0.237 e. The molecule has 0 saturated heterocycles. The summed E-state index contributed by atoms with van der Waals surface area (Å²) in [5.41, 5.74) is 0. The van der Waals surface area contributed by atoms with Gasteiger partial charge in [-0.2, -0.15) is 0 Å². The van der Waals surface area contributed by atoms with Crippen LogP contribution in [0.1, 0.15) is 145 Å². The van der Waals surface area contributed by atoms with E-state index < -0.39 is 0 Å². The molecule has 0 saturated carbocycles. The lowest BCUT2D eigenvalue weighted by Gasteiger charge is -2.20. The normalized spacial score (nSPS) is 13.7. The monoisotopic (exact) mass is 839 g/mol. The summed E-state index contributed by atoms with van der Waals surface area (Å²) < 4.78 is 0. The highest BCUT2D eigenvalue weighted by atomic mass is 16.2. The van der Waals surface area contributed by atoms with Crippen LogP contribution >= 0.6 is 0 Å². The first-order chi connectivity index (χ1) is 28.4. The molecule has 59 heavy (non-hydrogen) atoms. The first-order valence-corrected chi connectivity index (χ1v) is 23.0. The van der Waals surface area contributed by atoms with Crippen LogP contribution in [0.4, 0.5) is 0 Å². The standard InChI is InChI=1S/C43H86N10O6/c1-8-44-35(33(6)54)23-13-19-29-50-41(57)37(46-10-3)25-15-21-31-52-43(59)39(48-12-5)27-17-22-32-53-42(58)38(47-11-4)26-16-20-30-51-40(56)36(45-9-2)24-14-18-28-49-34(7)55/h35-39,44-48H,8-32H2,1-7H3,(H,49,55)(H,50,57)(H,51,56)(H,52,59)(H,53,58).